The maximum atomic E-state index is 14.1. The highest BCUT2D eigenvalue weighted by Crippen LogP contribution is 2.21. The van der Waals surface area contributed by atoms with Crippen LogP contribution in [0.2, 0.25) is 0 Å². The normalized spacial score (nSPS) is 11.3. The topological polar surface area (TPSA) is 67.6 Å². The summed E-state index contributed by atoms with van der Waals surface area (Å²) in [4.78, 5) is 14.4. The second kappa shape index (κ2) is 9.40. The lowest BCUT2D eigenvalue weighted by Gasteiger charge is -2.20. The molecule has 0 aliphatic rings. The Bertz CT molecular complexity index is 1160. The minimum atomic E-state index is -3.60. The van der Waals surface area contributed by atoms with Gasteiger partial charge in [-0.2, -0.15) is 0 Å². The highest BCUT2D eigenvalue weighted by atomic mass is 79.9. The Morgan fingerprint density at radius 3 is 2.57 bits per heavy atom. The fourth-order valence-electron chi connectivity index (χ4n) is 2.87. The number of furan rings is 1. The van der Waals surface area contributed by atoms with E-state index in [1.165, 1.54) is 41.3 Å². The predicted molar refractivity (Wildman–Crippen MR) is 115 cm³/mol. The minimum Gasteiger partial charge on any atom is -0.455 e. The van der Waals surface area contributed by atoms with E-state index in [2.05, 4.69) is 22.5 Å². The van der Waals surface area contributed by atoms with Crippen molar-refractivity contribution >= 4 is 31.7 Å². The monoisotopic (exact) mass is 491 g/mol. The number of carbonyl (C=O) groups excluding carboxylic acids is 1. The first-order valence-corrected chi connectivity index (χ1v) is 11.5. The van der Waals surface area contributed by atoms with Gasteiger partial charge >= 0.3 is 0 Å². The third-order valence-corrected chi connectivity index (χ3v) is 6.46. The van der Waals surface area contributed by atoms with Crippen LogP contribution in [0.1, 0.15) is 21.9 Å². The van der Waals surface area contributed by atoms with Crippen LogP contribution < -0.4 is 0 Å². The molecule has 0 saturated heterocycles. The van der Waals surface area contributed by atoms with Crippen molar-refractivity contribution in [2.45, 2.75) is 17.2 Å². The van der Waals surface area contributed by atoms with Gasteiger partial charge in [0.25, 0.3) is 5.91 Å². The average Bonchev–Trinajstić information content (AvgIpc) is 3.18. The van der Waals surface area contributed by atoms with E-state index >= 15 is 0 Å². The Kier molecular flexibility index (Phi) is 6.89. The summed E-state index contributed by atoms with van der Waals surface area (Å²) in [5.74, 6) is -1.17. The average molecular weight is 492 g/mol. The molecule has 1 aromatic heterocycles. The standard InChI is InChI=1S/C22H19BrFNO4S/c1-2-12-25(14-16-13-17(23)8-10-20(16)24)22(26)21-11-9-18(29-21)15-30(27,28)19-6-4-3-5-7-19/h2-11,13H,1,12,14-15H2. The summed E-state index contributed by atoms with van der Waals surface area (Å²) in [5.41, 5.74) is 0.331. The first-order chi connectivity index (χ1) is 14.3. The smallest absolute Gasteiger partial charge is 0.290 e. The molecule has 156 valence electrons. The number of amides is 1. The number of carbonyl (C=O) groups is 1. The Hall–Kier alpha value is -2.71. The van der Waals surface area contributed by atoms with Gasteiger partial charge in [-0.05, 0) is 42.5 Å². The molecule has 0 saturated carbocycles. The minimum absolute atomic E-state index is 0.00841. The van der Waals surface area contributed by atoms with Crippen molar-refractivity contribution in [1.29, 1.82) is 0 Å². The molecule has 0 unspecified atom stereocenters. The molecule has 3 rings (SSSR count). The lowest BCUT2D eigenvalue weighted by atomic mass is 10.2. The van der Waals surface area contributed by atoms with E-state index in [1.54, 1.807) is 30.3 Å². The zero-order valence-electron chi connectivity index (χ0n) is 15.9. The van der Waals surface area contributed by atoms with Gasteiger partial charge in [0.05, 0.1) is 4.90 Å². The molecule has 30 heavy (non-hydrogen) atoms. The number of hydrogen-bond donors (Lipinski definition) is 0. The maximum Gasteiger partial charge on any atom is 0.290 e. The molecule has 1 heterocycles. The molecular formula is C22H19BrFNO4S. The molecule has 0 radical (unpaired) electrons. The van der Waals surface area contributed by atoms with Crippen molar-refractivity contribution in [2.24, 2.45) is 0 Å². The van der Waals surface area contributed by atoms with Crippen LogP contribution >= 0.6 is 15.9 Å². The predicted octanol–water partition coefficient (Wildman–Crippen LogP) is 4.98. The lowest BCUT2D eigenvalue weighted by molar-refractivity contribution is 0.0727. The lowest BCUT2D eigenvalue weighted by Crippen LogP contribution is -2.30. The summed E-state index contributed by atoms with van der Waals surface area (Å²) in [6.07, 6.45) is 1.53. The van der Waals surface area contributed by atoms with Crippen molar-refractivity contribution in [3.8, 4) is 0 Å². The number of halogens is 2. The molecule has 3 aromatic rings. The van der Waals surface area contributed by atoms with Crippen LogP contribution in [0.25, 0.3) is 0 Å². The zero-order chi connectivity index (χ0) is 21.7. The van der Waals surface area contributed by atoms with E-state index < -0.39 is 21.6 Å². The number of nitrogens with zero attached hydrogens (tertiary/aromatic N) is 1. The van der Waals surface area contributed by atoms with Gasteiger partial charge in [-0.1, -0.05) is 40.2 Å². The van der Waals surface area contributed by atoms with Gasteiger partial charge in [0, 0.05) is 23.1 Å². The largest absolute Gasteiger partial charge is 0.455 e. The van der Waals surface area contributed by atoms with Crippen LogP contribution in [0.5, 0.6) is 0 Å². The Morgan fingerprint density at radius 1 is 1.13 bits per heavy atom. The molecule has 0 N–H and O–H groups in total. The van der Waals surface area contributed by atoms with Crippen LogP contribution in [0.15, 0.2) is 87.1 Å². The molecule has 0 aliphatic heterocycles. The van der Waals surface area contributed by atoms with Gasteiger partial charge in [0.15, 0.2) is 15.6 Å². The first kappa shape index (κ1) is 22.0. The molecule has 0 bridgehead atoms. The molecule has 0 aliphatic carbocycles. The van der Waals surface area contributed by atoms with E-state index in [0.29, 0.717) is 10.0 Å². The van der Waals surface area contributed by atoms with Crippen LogP contribution in [0.4, 0.5) is 4.39 Å². The quantitative estimate of drug-likeness (QED) is 0.416. The van der Waals surface area contributed by atoms with Crippen LogP contribution in [0.3, 0.4) is 0 Å². The fraction of sp³-hybridized carbons (Fsp3) is 0.136. The number of sulfone groups is 1. The van der Waals surface area contributed by atoms with Gasteiger partial charge < -0.3 is 9.32 Å². The van der Waals surface area contributed by atoms with E-state index in [9.17, 15) is 17.6 Å². The summed E-state index contributed by atoms with van der Waals surface area (Å²) in [5, 5.41) is 0. The zero-order valence-corrected chi connectivity index (χ0v) is 18.3. The molecule has 0 fully saturated rings. The molecule has 0 spiro atoms. The number of hydrogen-bond acceptors (Lipinski definition) is 4. The van der Waals surface area contributed by atoms with Gasteiger partial charge in [-0.15, -0.1) is 6.58 Å². The van der Waals surface area contributed by atoms with Crippen LogP contribution in [0, 0.1) is 5.82 Å². The maximum absolute atomic E-state index is 14.1. The third-order valence-electron chi connectivity index (χ3n) is 4.31. The molecule has 8 heteroatoms. The van der Waals surface area contributed by atoms with Crippen molar-refractivity contribution in [3.63, 3.8) is 0 Å². The highest BCUT2D eigenvalue weighted by molar-refractivity contribution is 9.10. The summed E-state index contributed by atoms with van der Waals surface area (Å²) in [6, 6.07) is 15.4. The second-order valence-electron chi connectivity index (χ2n) is 6.55. The van der Waals surface area contributed by atoms with Gasteiger partial charge in [-0.25, -0.2) is 12.8 Å². The van der Waals surface area contributed by atoms with Gasteiger partial charge in [0.1, 0.15) is 17.3 Å². The van der Waals surface area contributed by atoms with Crippen molar-refractivity contribution in [3.05, 3.63) is 101 Å². The van der Waals surface area contributed by atoms with Crippen LogP contribution in [-0.4, -0.2) is 25.8 Å². The van der Waals surface area contributed by atoms with E-state index in [1.807, 2.05) is 0 Å². The molecule has 2 aromatic carbocycles. The molecule has 5 nitrogen and oxygen atoms in total. The van der Waals surface area contributed by atoms with Gasteiger partial charge in [0.2, 0.25) is 0 Å². The Labute approximate surface area is 182 Å². The second-order valence-corrected chi connectivity index (χ2v) is 9.45. The van der Waals surface area contributed by atoms with E-state index in [-0.39, 0.29) is 35.3 Å². The summed E-state index contributed by atoms with van der Waals surface area (Å²) in [7, 11) is -3.60. The van der Waals surface area contributed by atoms with E-state index in [0.717, 1.165) is 0 Å². The molecule has 0 atom stereocenters. The fourth-order valence-corrected chi connectivity index (χ4v) is 4.55. The van der Waals surface area contributed by atoms with Crippen molar-refractivity contribution in [1.82, 2.24) is 4.90 Å². The summed E-state index contributed by atoms with van der Waals surface area (Å²) >= 11 is 3.29. The number of benzene rings is 2. The highest BCUT2D eigenvalue weighted by Gasteiger charge is 2.22. The summed E-state index contributed by atoms with van der Waals surface area (Å²) < 4.78 is 45.3. The molecule has 1 amide bonds. The Morgan fingerprint density at radius 2 is 1.87 bits per heavy atom. The Balaban J connectivity index is 1.79. The SMILES string of the molecule is C=CCN(Cc1cc(Br)ccc1F)C(=O)c1ccc(CS(=O)(=O)c2ccccc2)o1. The third kappa shape index (κ3) is 5.25. The molecular weight excluding hydrogens is 473 g/mol. The van der Waals surface area contributed by atoms with E-state index in [4.69, 9.17) is 4.42 Å². The number of rotatable bonds is 8. The van der Waals surface area contributed by atoms with Crippen LogP contribution in [-0.2, 0) is 22.1 Å². The van der Waals surface area contributed by atoms with Crippen molar-refractivity contribution < 1.29 is 22.0 Å². The first-order valence-electron chi connectivity index (χ1n) is 9.01. The van der Waals surface area contributed by atoms with Gasteiger partial charge in [-0.3, -0.25) is 4.79 Å². The van der Waals surface area contributed by atoms with Crippen molar-refractivity contribution in [2.75, 3.05) is 6.54 Å². The summed E-state index contributed by atoms with van der Waals surface area (Å²) in [6.45, 7) is 3.82.